The van der Waals surface area contributed by atoms with Crippen LogP contribution in [-0.4, -0.2) is 5.88 Å². The summed E-state index contributed by atoms with van der Waals surface area (Å²) in [5.74, 6) is 1.05. The molecule has 1 heterocycles. The minimum atomic E-state index is 1.05. The Balaban J connectivity index is 2.15. The molecule has 0 unspecified atom stereocenters. The highest BCUT2D eigenvalue weighted by molar-refractivity contribution is 8.03. The average Bonchev–Trinajstić information content (AvgIpc) is 2.62. The summed E-state index contributed by atoms with van der Waals surface area (Å²) in [6, 6.07) is 6.74. The van der Waals surface area contributed by atoms with Crippen molar-refractivity contribution in [1.29, 1.82) is 0 Å². The van der Waals surface area contributed by atoms with Gasteiger partial charge >= 0.3 is 0 Å². The van der Waals surface area contributed by atoms with Crippen LogP contribution in [0.3, 0.4) is 0 Å². The number of thioether (sulfide) groups is 1. The third-order valence-electron chi connectivity index (χ3n) is 2.66. The molecule has 1 aliphatic heterocycles. The van der Waals surface area contributed by atoms with E-state index in [1.54, 1.807) is 0 Å². The van der Waals surface area contributed by atoms with Gasteiger partial charge in [0.2, 0.25) is 0 Å². The molecule has 1 nitrogen and oxygen atoms in total. The van der Waals surface area contributed by atoms with Crippen LogP contribution < -0.4 is 5.32 Å². The summed E-state index contributed by atoms with van der Waals surface area (Å²) in [6.07, 6.45) is 1.14. The van der Waals surface area contributed by atoms with E-state index >= 15 is 0 Å². The quantitative estimate of drug-likeness (QED) is 0.673. The molecule has 0 atom stereocenters. The molecular weight excluding hydrogens is 178 g/mol. The Morgan fingerprint density at radius 3 is 3.23 bits per heavy atom. The summed E-state index contributed by atoms with van der Waals surface area (Å²) in [7, 11) is 0. The number of fused-ring (bicyclic) bond motifs is 2. The van der Waals surface area contributed by atoms with Crippen molar-refractivity contribution in [1.82, 2.24) is 5.32 Å². The first-order valence-electron chi connectivity index (χ1n) is 4.54. The predicted molar refractivity (Wildman–Crippen MR) is 57.4 cm³/mol. The maximum atomic E-state index is 3.44. The molecule has 0 aromatic heterocycles. The molecule has 3 rings (SSSR count). The molecule has 0 spiro atoms. The second-order valence-corrected chi connectivity index (χ2v) is 4.67. The molecule has 0 fully saturated rings. The van der Waals surface area contributed by atoms with Crippen molar-refractivity contribution in [3.8, 4) is 0 Å². The molecule has 1 aliphatic carbocycles. The van der Waals surface area contributed by atoms with Crippen LogP contribution >= 0.6 is 11.8 Å². The molecule has 2 heteroatoms. The summed E-state index contributed by atoms with van der Waals surface area (Å²) in [5.41, 5.74) is 5.67. The van der Waals surface area contributed by atoms with Gasteiger partial charge in [-0.3, -0.25) is 0 Å². The largest absolute Gasteiger partial charge is 0.375 e. The lowest BCUT2D eigenvalue weighted by molar-refractivity contribution is 1.11. The summed E-state index contributed by atoms with van der Waals surface area (Å²) in [5, 5.41) is 3.44. The third-order valence-corrected chi connectivity index (χ3v) is 3.64. The minimum absolute atomic E-state index is 1.05. The Labute approximate surface area is 82.2 Å². The average molecular weight is 189 g/mol. The second kappa shape index (κ2) is 2.55. The normalized spacial score (nSPS) is 18.5. The predicted octanol–water partition coefficient (Wildman–Crippen LogP) is 2.51. The van der Waals surface area contributed by atoms with Gasteiger partial charge in [0, 0.05) is 16.9 Å². The van der Waals surface area contributed by atoms with Gasteiger partial charge in [-0.2, -0.15) is 0 Å². The Morgan fingerprint density at radius 1 is 1.38 bits per heavy atom. The molecular formula is C11H11NS. The van der Waals surface area contributed by atoms with Gasteiger partial charge in [0.25, 0.3) is 0 Å². The summed E-state index contributed by atoms with van der Waals surface area (Å²) >= 11 is 1.94. The van der Waals surface area contributed by atoms with Gasteiger partial charge in [-0.1, -0.05) is 23.8 Å². The molecule has 66 valence electrons. The van der Waals surface area contributed by atoms with Crippen LogP contribution in [0.4, 0.5) is 0 Å². The number of nitrogens with one attached hydrogen (secondary N) is 1. The lowest BCUT2D eigenvalue weighted by Gasteiger charge is -2.05. The standard InChI is InChI=1S/C11H11NS/c1-7-2-3-9-8(4-7)5-10-11(9)12-6-13-10/h2-4,12H,5-6H2,1H3. The van der Waals surface area contributed by atoms with E-state index in [0.29, 0.717) is 0 Å². The number of hydrogen-bond acceptors (Lipinski definition) is 2. The first-order chi connectivity index (χ1) is 6.34. The molecule has 0 saturated carbocycles. The van der Waals surface area contributed by atoms with Crippen LogP contribution in [0.2, 0.25) is 0 Å². The van der Waals surface area contributed by atoms with Crippen molar-refractivity contribution in [2.75, 3.05) is 5.88 Å². The zero-order valence-corrected chi connectivity index (χ0v) is 8.37. The van der Waals surface area contributed by atoms with E-state index in [2.05, 4.69) is 30.4 Å². The lowest BCUT2D eigenvalue weighted by Crippen LogP contribution is -2.05. The van der Waals surface area contributed by atoms with Crippen molar-refractivity contribution >= 4 is 17.5 Å². The zero-order valence-electron chi connectivity index (χ0n) is 7.55. The molecule has 1 aromatic rings. The Hall–Kier alpha value is -0.890. The Morgan fingerprint density at radius 2 is 2.31 bits per heavy atom. The number of benzene rings is 1. The fourth-order valence-electron chi connectivity index (χ4n) is 2.04. The zero-order chi connectivity index (χ0) is 8.84. The van der Waals surface area contributed by atoms with Gasteiger partial charge in [-0.25, -0.2) is 0 Å². The number of allylic oxidation sites excluding steroid dienone is 1. The van der Waals surface area contributed by atoms with Crippen LogP contribution in [0.1, 0.15) is 16.7 Å². The van der Waals surface area contributed by atoms with E-state index in [0.717, 1.165) is 12.3 Å². The smallest absolute Gasteiger partial charge is 0.0655 e. The monoisotopic (exact) mass is 189 g/mol. The number of aryl methyl sites for hydroxylation is 1. The van der Waals surface area contributed by atoms with Crippen LogP contribution in [0.5, 0.6) is 0 Å². The Bertz CT molecular complexity index is 407. The second-order valence-electron chi connectivity index (χ2n) is 3.60. The lowest BCUT2D eigenvalue weighted by atomic mass is 10.1. The van der Waals surface area contributed by atoms with Crippen molar-refractivity contribution in [2.45, 2.75) is 13.3 Å². The number of hydrogen-bond donors (Lipinski definition) is 1. The first kappa shape index (κ1) is 7.51. The molecule has 0 saturated heterocycles. The highest BCUT2D eigenvalue weighted by Gasteiger charge is 2.25. The van der Waals surface area contributed by atoms with Gasteiger partial charge in [-0.15, -0.1) is 11.8 Å². The SMILES string of the molecule is Cc1ccc2c(c1)CC1=C2NCS1. The van der Waals surface area contributed by atoms with Gasteiger partial charge in [-0.05, 0) is 12.5 Å². The fourth-order valence-corrected chi connectivity index (χ4v) is 3.01. The maximum absolute atomic E-state index is 3.44. The topological polar surface area (TPSA) is 12.0 Å². The molecule has 2 aliphatic rings. The van der Waals surface area contributed by atoms with E-state index in [1.807, 2.05) is 11.8 Å². The van der Waals surface area contributed by atoms with Crippen LogP contribution in [0.25, 0.3) is 5.70 Å². The van der Waals surface area contributed by atoms with Gasteiger partial charge in [0.15, 0.2) is 0 Å². The van der Waals surface area contributed by atoms with Crippen molar-refractivity contribution in [3.05, 3.63) is 39.8 Å². The first-order valence-corrected chi connectivity index (χ1v) is 5.53. The van der Waals surface area contributed by atoms with Crippen molar-refractivity contribution in [3.63, 3.8) is 0 Å². The molecule has 1 aromatic carbocycles. The Kier molecular flexibility index (Phi) is 1.47. The highest BCUT2D eigenvalue weighted by Crippen LogP contribution is 2.40. The molecule has 13 heavy (non-hydrogen) atoms. The van der Waals surface area contributed by atoms with E-state index in [-0.39, 0.29) is 0 Å². The van der Waals surface area contributed by atoms with Crippen molar-refractivity contribution < 1.29 is 0 Å². The van der Waals surface area contributed by atoms with Crippen LogP contribution in [0.15, 0.2) is 23.1 Å². The van der Waals surface area contributed by atoms with Gasteiger partial charge in [0.1, 0.15) is 0 Å². The molecule has 0 radical (unpaired) electrons. The highest BCUT2D eigenvalue weighted by atomic mass is 32.2. The van der Waals surface area contributed by atoms with E-state index in [9.17, 15) is 0 Å². The molecule has 1 N–H and O–H groups in total. The third kappa shape index (κ3) is 1.02. The summed E-state index contributed by atoms with van der Waals surface area (Å²) in [4.78, 5) is 1.53. The van der Waals surface area contributed by atoms with Crippen LogP contribution in [-0.2, 0) is 6.42 Å². The summed E-state index contributed by atoms with van der Waals surface area (Å²) < 4.78 is 0. The van der Waals surface area contributed by atoms with E-state index in [4.69, 9.17) is 0 Å². The van der Waals surface area contributed by atoms with Crippen molar-refractivity contribution in [2.24, 2.45) is 0 Å². The van der Waals surface area contributed by atoms with E-state index < -0.39 is 0 Å². The molecule has 0 amide bonds. The fraction of sp³-hybridized carbons (Fsp3) is 0.273. The van der Waals surface area contributed by atoms with Crippen LogP contribution in [0, 0.1) is 6.92 Å². The maximum Gasteiger partial charge on any atom is 0.0655 e. The van der Waals surface area contributed by atoms with Gasteiger partial charge in [0.05, 0.1) is 11.6 Å². The summed E-state index contributed by atoms with van der Waals surface area (Å²) in [6.45, 7) is 2.16. The molecule has 0 bridgehead atoms. The van der Waals surface area contributed by atoms with Gasteiger partial charge < -0.3 is 5.32 Å². The van der Waals surface area contributed by atoms with E-state index in [1.165, 1.54) is 27.3 Å². The number of rotatable bonds is 0. The minimum Gasteiger partial charge on any atom is -0.375 e.